The third-order valence-electron chi connectivity index (χ3n) is 3.84. The Kier molecular flexibility index (Phi) is 7.71. The van der Waals surface area contributed by atoms with Crippen LogP contribution in [-0.2, 0) is 14.3 Å². The SMILES string of the molecule is COC(=O)C(C)CN(CC(C)O)C(=O)COc1cccc(C)c1C. The third kappa shape index (κ3) is 5.85. The zero-order valence-electron chi connectivity index (χ0n) is 15.0. The minimum atomic E-state index is -0.695. The maximum atomic E-state index is 12.4. The fourth-order valence-corrected chi connectivity index (χ4v) is 2.31. The number of rotatable bonds is 8. The highest BCUT2D eigenvalue weighted by atomic mass is 16.5. The number of esters is 1. The van der Waals surface area contributed by atoms with E-state index in [1.807, 2.05) is 32.0 Å². The number of carbonyl (C=O) groups excluding carboxylic acids is 2. The Morgan fingerprint density at radius 3 is 2.46 bits per heavy atom. The van der Waals surface area contributed by atoms with Crippen LogP contribution in [0.25, 0.3) is 0 Å². The Hall–Kier alpha value is -2.08. The van der Waals surface area contributed by atoms with Gasteiger partial charge < -0.3 is 19.5 Å². The van der Waals surface area contributed by atoms with Crippen molar-refractivity contribution in [2.75, 3.05) is 26.8 Å². The molecule has 6 heteroatoms. The molecule has 1 rings (SSSR count). The molecule has 0 saturated carbocycles. The van der Waals surface area contributed by atoms with Gasteiger partial charge in [0.1, 0.15) is 5.75 Å². The quantitative estimate of drug-likeness (QED) is 0.731. The van der Waals surface area contributed by atoms with Gasteiger partial charge in [-0.25, -0.2) is 0 Å². The number of amides is 1. The first kappa shape index (κ1) is 20.0. The maximum absolute atomic E-state index is 12.4. The van der Waals surface area contributed by atoms with Gasteiger partial charge in [-0.15, -0.1) is 0 Å². The topological polar surface area (TPSA) is 76.1 Å². The van der Waals surface area contributed by atoms with Gasteiger partial charge in [0, 0.05) is 13.1 Å². The summed E-state index contributed by atoms with van der Waals surface area (Å²) in [4.78, 5) is 25.4. The van der Waals surface area contributed by atoms with E-state index in [0.29, 0.717) is 5.75 Å². The molecule has 0 aliphatic carbocycles. The summed E-state index contributed by atoms with van der Waals surface area (Å²) in [7, 11) is 1.31. The molecular formula is C18H27NO5. The normalized spacial score (nSPS) is 13.1. The van der Waals surface area contributed by atoms with E-state index in [1.54, 1.807) is 13.8 Å². The van der Waals surface area contributed by atoms with E-state index >= 15 is 0 Å². The lowest BCUT2D eigenvalue weighted by Gasteiger charge is -2.26. The summed E-state index contributed by atoms with van der Waals surface area (Å²) in [6, 6.07) is 5.66. The lowest BCUT2D eigenvalue weighted by atomic mass is 10.1. The second-order valence-corrected chi connectivity index (χ2v) is 6.06. The summed E-state index contributed by atoms with van der Waals surface area (Å²) in [5.74, 6) is -0.499. The predicted molar refractivity (Wildman–Crippen MR) is 90.9 cm³/mol. The molecule has 0 aliphatic rings. The maximum Gasteiger partial charge on any atom is 0.310 e. The average Bonchev–Trinajstić information content (AvgIpc) is 2.53. The number of methoxy groups -OCH3 is 1. The molecule has 1 amide bonds. The molecule has 24 heavy (non-hydrogen) atoms. The highest BCUT2D eigenvalue weighted by Gasteiger charge is 2.23. The van der Waals surface area contributed by atoms with E-state index in [1.165, 1.54) is 12.0 Å². The van der Waals surface area contributed by atoms with E-state index < -0.39 is 18.0 Å². The van der Waals surface area contributed by atoms with Gasteiger partial charge in [-0.1, -0.05) is 19.1 Å². The van der Waals surface area contributed by atoms with Gasteiger partial charge in [0.25, 0.3) is 5.91 Å². The molecule has 1 N–H and O–H groups in total. The number of aliphatic hydroxyl groups is 1. The molecule has 134 valence electrons. The molecular weight excluding hydrogens is 310 g/mol. The Balaban J connectivity index is 2.73. The van der Waals surface area contributed by atoms with Crippen molar-refractivity contribution in [3.05, 3.63) is 29.3 Å². The molecule has 0 bridgehead atoms. The molecule has 2 atom stereocenters. The monoisotopic (exact) mass is 337 g/mol. The number of hydrogen-bond donors (Lipinski definition) is 1. The molecule has 0 aliphatic heterocycles. The first-order chi connectivity index (χ1) is 11.3. The first-order valence-corrected chi connectivity index (χ1v) is 7.99. The van der Waals surface area contributed by atoms with Gasteiger partial charge in [0.2, 0.25) is 0 Å². The standard InChI is InChI=1S/C18H27NO5/c1-12-7-6-8-16(15(12)4)24-11-17(21)19(10-14(3)20)9-13(2)18(22)23-5/h6-8,13-14,20H,9-11H2,1-5H3. The first-order valence-electron chi connectivity index (χ1n) is 7.99. The number of carbonyl (C=O) groups is 2. The molecule has 0 spiro atoms. The van der Waals surface area contributed by atoms with Gasteiger partial charge in [-0.2, -0.15) is 0 Å². The molecule has 0 fully saturated rings. The number of ether oxygens (including phenoxy) is 2. The minimum Gasteiger partial charge on any atom is -0.483 e. The minimum absolute atomic E-state index is 0.135. The molecule has 0 aromatic heterocycles. The van der Waals surface area contributed by atoms with Crippen LogP contribution in [0.15, 0.2) is 18.2 Å². The molecule has 1 aromatic rings. The Morgan fingerprint density at radius 2 is 1.88 bits per heavy atom. The highest BCUT2D eigenvalue weighted by Crippen LogP contribution is 2.20. The largest absolute Gasteiger partial charge is 0.483 e. The van der Waals surface area contributed by atoms with Crippen LogP contribution >= 0.6 is 0 Å². The fourth-order valence-electron chi connectivity index (χ4n) is 2.31. The number of aliphatic hydroxyl groups excluding tert-OH is 1. The van der Waals surface area contributed by atoms with Crippen molar-refractivity contribution >= 4 is 11.9 Å². The Bertz CT molecular complexity index is 571. The lowest BCUT2D eigenvalue weighted by Crippen LogP contribution is -2.43. The number of hydrogen-bond acceptors (Lipinski definition) is 5. The van der Waals surface area contributed by atoms with Gasteiger partial charge >= 0.3 is 5.97 Å². The zero-order chi connectivity index (χ0) is 18.3. The summed E-state index contributed by atoms with van der Waals surface area (Å²) in [5.41, 5.74) is 2.07. The summed E-state index contributed by atoms with van der Waals surface area (Å²) >= 11 is 0. The van der Waals surface area contributed by atoms with E-state index in [4.69, 9.17) is 4.74 Å². The average molecular weight is 337 g/mol. The second kappa shape index (κ2) is 9.27. The molecule has 0 radical (unpaired) electrons. The summed E-state index contributed by atoms with van der Waals surface area (Å²) in [5, 5.41) is 9.60. The summed E-state index contributed by atoms with van der Waals surface area (Å²) < 4.78 is 10.3. The third-order valence-corrected chi connectivity index (χ3v) is 3.84. The number of aryl methyl sites for hydroxylation is 1. The number of benzene rings is 1. The molecule has 2 unspecified atom stereocenters. The molecule has 0 heterocycles. The van der Waals surface area contributed by atoms with Crippen molar-refractivity contribution in [2.24, 2.45) is 5.92 Å². The highest BCUT2D eigenvalue weighted by molar-refractivity contribution is 5.79. The summed E-state index contributed by atoms with van der Waals surface area (Å²) in [6.07, 6.45) is -0.695. The zero-order valence-corrected chi connectivity index (χ0v) is 15.0. The smallest absolute Gasteiger partial charge is 0.310 e. The van der Waals surface area contributed by atoms with Crippen molar-refractivity contribution in [1.29, 1.82) is 0 Å². The lowest BCUT2D eigenvalue weighted by molar-refractivity contribution is -0.147. The second-order valence-electron chi connectivity index (χ2n) is 6.06. The van der Waals surface area contributed by atoms with Crippen molar-refractivity contribution < 1.29 is 24.2 Å². The van der Waals surface area contributed by atoms with Crippen LogP contribution in [0.2, 0.25) is 0 Å². The molecule has 6 nitrogen and oxygen atoms in total. The van der Waals surface area contributed by atoms with Crippen LogP contribution in [0.1, 0.15) is 25.0 Å². The van der Waals surface area contributed by atoms with Crippen LogP contribution in [0.3, 0.4) is 0 Å². The van der Waals surface area contributed by atoms with E-state index in [2.05, 4.69) is 4.74 Å². The van der Waals surface area contributed by atoms with Crippen LogP contribution < -0.4 is 4.74 Å². The van der Waals surface area contributed by atoms with Crippen molar-refractivity contribution in [2.45, 2.75) is 33.8 Å². The number of nitrogens with zero attached hydrogens (tertiary/aromatic N) is 1. The predicted octanol–water partition coefficient (Wildman–Crippen LogP) is 1.70. The van der Waals surface area contributed by atoms with Crippen LogP contribution in [0.5, 0.6) is 5.75 Å². The Labute approximate surface area is 143 Å². The molecule has 1 aromatic carbocycles. The van der Waals surface area contributed by atoms with Crippen molar-refractivity contribution in [3.8, 4) is 5.75 Å². The van der Waals surface area contributed by atoms with E-state index in [-0.39, 0.29) is 25.6 Å². The Morgan fingerprint density at radius 1 is 1.21 bits per heavy atom. The van der Waals surface area contributed by atoms with Crippen molar-refractivity contribution in [3.63, 3.8) is 0 Å². The van der Waals surface area contributed by atoms with Crippen LogP contribution in [0, 0.1) is 19.8 Å². The van der Waals surface area contributed by atoms with Gasteiger partial charge in [0.15, 0.2) is 6.61 Å². The van der Waals surface area contributed by atoms with Crippen LogP contribution in [-0.4, -0.2) is 54.8 Å². The fraction of sp³-hybridized carbons (Fsp3) is 0.556. The van der Waals surface area contributed by atoms with Crippen LogP contribution in [0.4, 0.5) is 0 Å². The van der Waals surface area contributed by atoms with E-state index in [9.17, 15) is 14.7 Å². The van der Waals surface area contributed by atoms with Gasteiger partial charge in [-0.3, -0.25) is 9.59 Å². The van der Waals surface area contributed by atoms with Crippen molar-refractivity contribution in [1.82, 2.24) is 4.90 Å². The molecule has 0 saturated heterocycles. The van der Waals surface area contributed by atoms with Gasteiger partial charge in [0.05, 0.1) is 19.1 Å². The van der Waals surface area contributed by atoms with Gasteiger partial charge in [-0.05, 0) is 38.0 Å². The summed E-state index contributed by atoms with van der Waals surface area (Å²) in [6.45, 7) is 7.34. The van der Waals surface area contributed by atoms with E-state index in [0.717, 1.165) is 11.1 Å².